The minimum Gasteiger partial charge on any atom is -0.467 e. The molecule has 1 unspecified atom stereocenters. The zero-order valence-corrected chi connectivity index (χ0v) is 9.11. The Morgan fingerprint density at radius 2 is 2.41 bits per heavy atom. The minimum absolute atomic E-state index is 0.0485. The first-order chi connectivity index (χ1) is 8.12. The van der Waals surface area contributed by atoms with Crippen LogP contribution in [0.15, 0.2) is 18.2 Å². The molecule has 0 aliphatic heterocycles. The Balaban J connectivity index is 2.94. The van der Waals surface area contributed by atoms with E-state index < -0.39 is 24.4 Å². The fraction of sp³-hybridized carbons (Fsp3) is 0.273. The van der Waals surface area contributed by atoms with Crippen molar-refractivity contribution in [2.75, 3.05) is 19.0 Å². The molecule has 0 aliphatic rings. The normalized spacial score (nSPS) is 11.4. The summed E-state index contributed by atoms with van der Waals surface area (Å²) in [6, 6.07) is 4.30. The number of rotatable bonds is 4. The Hall–Kier alpha value is -2.13. The van der Waals surface area contributed by atoms with Gasteiger partial charge in [-0.15, -0.1) is 0 Å². The molecule has 6 heteroatoms. The number of benzene rings is 1. The van der Waals surface area contributed by atoms with Gasteiger partial charge in [-0.25, -0.2) is 9.18 Å². The largest absolute Gasteiger partial charge is 0.467 e. The third kappa shape index (κ3) is 3.16. The molecule has 1 rings (SSSR count). The SMILES string of the molecule is COC(=O)C(CO)Nc1ccc(F)cc1C#N. The van der Waals surface area contributed by atoms with Crippen LogP contribution < -0.4 is 5.32 Å². The number of aliphatic hydroxyl groups is 1. The average Bonchev–Trinajstić information content (AvgIpc) is 2.36. The summed E-state index contributed by atoms with van der Waals surface area (Å²) >= 11 is 0. The lowest BCUT2D eigenvalue weighted by molar-refractivity contribution is -0.142. The highest BCUT2D eigenvalue weighted by Crippen LogP contribution is 2.17. The van der Waals surface area contributed by atoms with E-state index in [1.807, 2.05) is 0 Å². The number of methoxy groups -OCH3 is 1. The molecule has 2 N–H and O–H groups in total. The van der Waals surface area contributed by atoms with Crippen LogP contribution in [-0.4, -0.2) is 30.8 Å². The van der Waals surface area contributed by atoms with Gasteiger partial charge < -0.3 is 15.2 Å². The third-order valence-corrected chi connectivity index (χ3v) is 2.10. The van der Waals surface area contributed by atoms with Crippen LogP contribution >= 0.6 is 0 Å². The van der Waals surface area contributed by atoms with Gasteiger partial charge in [0.05, 0.1) is 25.0 Å². The smallest absolute Gasteiger partial charge is 0.330 e. The summed E-state index contributed by atoms with van der Waals surface area (Å²) in [5.41, 5.74) is 0.311. The van der Waals surface area contributed by atoms with Gasteiger partial charge in [-0.05, 0) is 18.2 Å². The molecule has 0 radical (unpaired) electrons. The number of halogens is 1. The molecule has 17 heavy (non-hydrogen) atoms. The Kier molecular flexibility index (Phi) is 4.43. The highest BCUT2D eigenvalue weighted by molar-refractivity contribution is 5.80. The quantitative estimate of drug-likeness (QED) is 0.752. The third-order valence-electron chi connectivity index (χ3n) is 2.10. The molecule has 0 fully saturated rings. The Morgan fingerprint density at radius 1 is 1.71 bits per heavy atom. The van der Waals surface area contributed by atoms with Crippen LogP contribution in [0.1, 0.15) is 5.56 Å². The van der Waals surface area contributed by atoms with Crippen molar-refractivity contribution in [1.29, 1.82) is 5.26 Å². The van der Waals surface area contributed by atoms with E-state index in [1.54, 1.807) is 6.07 Å². The number of nitriles is 1. The maximum atomic E-state index is 12.9. The van der Waals surface area contributed by atoms with E-state index in [0.717, 1.165) is 12.1 Å². The first-order valence-corrected chi connectivity index (χ1v) is 4.77. The van der Waals surface area contributed by atoms with Crippen molar-refractivity contribution in [2.45, 2.75) is 6.04 Å². The molecule has 0 amide bonds. The van der Waals surface area contributed by atoms with Crippen molar-refractivity contribution in [1.82, 2.24) is 0 Å². The number of aliphatic hydroxyl groups excluding tert-OH is 1. The lowest BCUT2D eigenvalue weighted by Gasteiger charge is -2.15. The molecule has 1 aromatic carbocycles. The van der Waals surface area contributed by atoms with Gasteiger partial charge in [0.25, 0.3) is 0 Å². The Labute approximate surface area is 97.4 Å². The predicted molar refractivity (Wildman–Crippen MR) is 57.6 cm³/mol. The van der Waals surface area contributed by atoms with Crippen molar-refractivity contribution in [3.63, 3.8) is 0 Å². The molecular weight excluding hydrogens is 227 g/mol. The highest BCUT2D eigenvalue weighted by Gasteiger charge is 2.19. The molecule has 1 atom stereocenters. The van der Waals surface area contributed by atoms with E-state index in [-0.39, 0.29) is 11.3 Å². The summed E-state index contributed by atoms with van der Waals surface area (Å²) in [5, 5.41) is 20.4. The first kappa shape index (κ1) is 12.9. The van der Waals surface area contributed by atoms with Crippen molar-refractivity contribution in [3.05, 3.63) is 29.6 Å². The van der Waals surface area contributed by atoms with Crippen molar-refractivity contribution >= 4 is 11.7 Å². The zero-order chi connectivity index (χ0) is 12.8. The number of hydrogen-bond acceptors (Lipinski definition) is 5. The molecular formula is C11H11FN2O3. The number of hydrogen-bond donors (Lipinski definition) is 2. The fourth-order valence-corrected chi connectivity index (χ4v) is 1.24. The molecule has 90 valence electrons. The van der Waals surface area contributed by atoms with E-state index in [9.17, 15) is 9.18 Å². The van der Waals surface area contributed by atoms with Crippen LogP contribution in [0.2, 0.25) is 0 Å². The molecule has 0 heterocycles. The van der Waals surface area contributed by atoms with Gasteiger partial charge in [-0.1, -0.05) is 0 Å². The topological polar surface area (TPSA) is 82.3 Å². The lowest BCUT2D eigenvalue weighted by Crippen LogP contribution is -2.34. The van der Waals surface area contributed by atoms with E-state index in [4.69, 9.17) is 10.4 Å². The summed E-state index contributed by atoms with van der Waals surface area (Å²) in [4.78, 5) is 11.2. The maximum absolute atomic E-state index is 12.9. The predicted octanol–water partition coefficient (Wildman–Crippen LogP) is 0.643. The summed E-state index contributed by atoms with van der Waals surface area (Å²) in [5.74, 6) is -1.22. The van der Waals surface area contributed by atoms with Crippen LogP contribution in [0.5, 0.6) is 0 Å². The van der Waals surface area contributed by atoms with Crippen molar-refractivity contribution < 1.29 is 19.0 Å². The summed E-state index contributed by atoms with van der Waals surface area (Å²) in [6.07, 6.45) is 0. The van der Waals surface area contributed by atoms with Gasteiger partial charge >= 0.3 is 5.97 Å². The second-order valence-electron chi connectivity index (χ2n) is 3.20. The summed E-state index contributed by atoms with van der Waals surface area (Å²) in [7, 11) is 1.18. The number of carbonyl (C=O) groups excluding carboxylic acids is 1. The van der Waals surface area contributed by atoms with Crippen LogP contribution in [0.25, 0.3) is 0 Å². The molecule has 0 saturated carbocycles. The molecule has 0 spiro atoms. The number of nitrogens with zero attached hydrogens (tertiary/aromatic N) is 1. The van der Waals surface area contributed by atoms with E-state index in [2.05, 4.69) is 10.1 Å². The fourth-order valence-electron chi connectivity index (χ4n) is 1.24. The summed E-state index contributed by atoms with van der Waals surface area (Å²) < 4.78 is 17.3. The molecule has 0 saturated heterocycles. The van der Waals surface area contributed by atoms with Crippen molar-refractivity contribution in [2.24, 2.45) is 0 Å². The highest BCUT2D eigenvalue weighted by atomic mass is 19.1. The maximum Gasteiger partial charge on any atom is 0.330 e. The van der Waals surface area contributed by atoms with Crippen molar-refractivity contribution in [3.8, 4) is 6.07 Å². The van der Waals surface area contributed by atoms with Crippen LogP contribution in [-0.2, 0) is 9.53 Å². The van der Waals surface area contributed by atoms with Crippen LogP contribution in [0, 0.1) is 17.1 Å². The summed E-state index contributed by atoms with van der Waals surface area (Å²) in [6.45, 7) is -0.491. The molecule has 0 aliphatic carbocycles. The molecule has 5 nitrogen and oxygen atoms in total. The Bertz CT molecular complexity index is 457. The van der Waals surface area contributed by atoms with Gasteiger partial charge in [-0.3, -0.25) is 0 Å². The average molecular weight is 238 g/mol. The van der Waals surface area contributed by atoms with Gasteiger partial charge in [-0.2, -0.15) is 5.26 Å². The van der Waals surface area contributed by atoms with Gasteiger partial charge in [0.15, 0.2) is 0 Å². The zero-order valence-electron chi connectivity index (χ0n) is 9.11. The molecule has 0 bridgehead atoms. The number of esters is 1. The van der Waals surface area contributed by atoms with Gasteiger partial charge in [0, 0.05) is 0 Å². The van der Waals surface area contributed by atoms with Gasteiger partial charge in [0.2, 0.25) is 0 Å². The second kappa shape index (κ2) is 5.82. The molecule has 0 aromatic heterocycles. The monoisotopic (exact) mass is 238 g/mol. The van der Waals surface area contributed by atoms with E-state index in [0.29, 0.717) is 0 Å². The second-order valence-corrected chi connectivity index (χ2v) is 3.20. The lowest BCUT2D eigenvalue weighted by atomic mass is 10.1. The molecule has 1 aromatic rings. The van der Waals surface area contributed by atoms with E-state index >= 15 is 0 Å². The van der Waals surface area contributed by atoms with E-state index in [1.165, 1.54) is 13.2 Å². The minimum atomic E-state index is -0.988. The van der Waals surface area contributed by atoms with Gasteiger partial charge in [0.1, 0.15) is 17.9 Å². The van der Waals surface area contributed by atoms with Crippen LogP contribution in [0.3, 0.4) is 0 Å². The Morgan fingerprint density at radius 3 is 2.94 bits per heavy atom. The standard InChI is InChI=1S/C11H11FN2O3/c1-17-11(16)10(6-15)14-9-3-2-8(12)4-7(9)5-13/h2-4,10,14-15H,6H2,1H3. The number of ether oxygens (including phenoxy) is 1. The number of anilines is 1. The number of nitrogens with one attached hydrogen (secondary N) is 1. The van der Waals surface area contributed by atoms with Crippen LogP contribution in [0.4, 0.5) is 10.1 Å². The number of carbonyl (C=O) groups is 1. The first-order valence-electron chi connectivity index (χ1n) is 4.77.